The molecule has 0 saturated carbocycles. The van der Waals surface area contributed by atoms with Crippen molar-refractivity contribution < 1.29 is 0 Å². The van der Waals surface area contributed by atoms with E-state index in [-0.39, 0.29) is 0 Å². The third kappa shape index (κ3) is 5.97. The second-order valence-corrected chi connectivity index (χ2v) is 15.6. The molecule has 0 spiro atoms. The fourth-order valence-corrected chi connectivity index (χ4v) is 9.39. The van der Waals surface area contributed by atoms with Crippen molar-refractivity contribution in [2.75, 3.05) is 0 Å². The molecule has 0 fully saturated rings. The average molecular weight is 743 g/mol. The third-order valence-electron chi connectivity index (χ3n) is 11.0. The zero-order valence-corrected chi connectivity index (χ0v) is 31.7. The van der Waals surface area contributed by atoms with E-state index >= 15 is 0 Å². The lowest BCUT2D eigenvalue weighted by atomic mass is 9.88. The number of benzene rings is 9. The molecule has 11 aromatic rings. The lowest BCUT2D eigenvalue weighted by Gasteiger charge is -2.16. The summed E-state index contributed by atoms with van der Waals surface area (Å²) < 4.78 is 1.21. The molecule has 11 rings (SSSR count). The van der Waals surface area contributed by atoms with Crippen LogP contribution in [0.25, 0.3) is 109 Å². The van der Waals surface area contributed by atoms with Crippen molar-refractivity contribution in [3.63, 3.8) is 0 Å². The molecule has 0 bridgehead atoms. The van der Waals surface area contributed by atoms with Gasteiger partial charge < -0.3 is 0 Å². The Balaban J connectivity index is 1.21. The molecular weight excluding hydrogens is 709 g/mol. The molecule has 0 atom stereocenters. The molecule has 0 amide bonds. The summed E-state index contributed by atoms with van der Waals surface area (Å²) in [5.74, 6) is 0.712. The van der Waals surface area contributed by atoms with E-state index in [1.54, 1.807) is 11.3 Å². The first-order chi connectivity index (χ1) is 28.2. The van der Waals surface area contributed by atoms with Crippen LogP contribution in [-0.4, -0.2) is 9.97 Å². The van der Waals surface area contributed by atoms with Gasteiger partial charge in [-0.3, -0.25) is 0 Å². The first-order valence-corrected chi connectivity index (χ1v) is 20.1. The van der Waals surface area contributed by atoms with Crippen molar-refractivity contribution in [2.24, 2.45) is 0 Å². The SMILES string of the molecule is c1ccc(-c2cc(-c3ccccc3)cc(-c3cc(-c4nc(-c5ccccc5)c5c(n4)sc4ccccc45)cc(-c4cc5ccccc5c5ccccc45)c3)c2)cc1. The normalized spacial score (nSPS) is 11.5. The van der Waals surface area contributed by atoms with Crippen LogP contribution < -0.4 is 0 Å². The zero-order chi connectivity index (χ0) is 37.7. The molecule has 0 N–H and O–H groups in total. The van der Waals surface area contributed by atoms with E-state index in [1.165, 1.54) is 59.4 Å². The van der Waals surface area contributed by atoms with E-state index in [2.05, 4.69) is 206 Å². The molecule has 2 heterocycles. The van der Waals surface area contributed by atoms with Gasteiger partial charge in [-0.25, -0.2) is 9.97 Å². The first-order valence-electron chi connectivity index (χ1n) is 19.3. The second kappa shape index (κ2) is 13.8. The highest BCUT2D eigenvalue weighted by atomic mass is 32.1. The van der Waals surface area contributed by atoms with Gasteiger partial charge in [0.2, 0.25) is 0 Å². The van der Waals surface area contributed by atoms with E-state index in [0.29, 0.717) is 5.82 Å². The van der Waals surface area contributed by atoms with Crippen LogP contribution in [-0.2, 0) is 0 Å². The molecular formula is C54H34N2S. The molecule has 0 radical (unpaired) electrons. The standard InChI is InChI=1S/C54H34N2S/c1-4-16-35(17-5-1)39-28-40(36-18-6-2-7-19-36)30-41(29-39)42-31-43(49-34-38-22-10-11-23-45(38)46-24-12-13-25-47(46)49)33-44(32-42)53-55-52(37-20-8-3-9-21-37)51-48-26-14-15-27-50(48)57-54(51)56-53/h1-34H. The van der Waals surface area contributed by atoms with Gasteiger partial charge in [-0.2, -0.15) is 0 Å². The Morgan fingerprint density at radius 3 is 1.46 bits per heavy atom. The molecule has 2 aromatic heterocycles. The number of hydrogen-bond acceptors (Lipinski definition) is 3. The number of nitrogens with zero attached hydrogens (tertiary/aromatic N) is 2. The van der Waals surface area contributed by atoms with Crippen LogP contribution in [0.1, 0.15) is 0 Å². The maximum absolute atomic E-state index is 5.47. The molecule has 9 aromatic carbocycles. The first kappa shape index (κ1) is 33.2. The molecule has 57 heavy (non-hydrogen) atoms. The summed E-state index contributed by atoms with van der Waals surface area (Å²) in [5, 5.41) is 7.21. The number of hydrogen-bond donors (Lipinski definition) is 0. The molecule has 0 aliphatic rings. The van der Waals surface area contributed by atoms with Gasteiger partial charge in [0.1, 0.15) is 4.83 Å². The van der Waals surface area contributed by atoms with Crippen molar-refractivity contribution in [2.45, 2.75) is 0 Å². The summed E-state index contributed by atoms with van der Waals surface area (Å²) in [6.07, 6.45) is 0. The molecule has 266 valence electrons. The summed E-state index contributed by atoms with van der Waals surface area (Å²) in [5.41, 5.74) is 12.3. The van der Waals surface area contributed by atoms with Gasteiger partial charge in [-0.1, -0.05) is 158 Å². The Labute approximate surface area is 335 Å². The van der Waals surface area contributed by atoms with Gasteiger partial charge in [0.05, 0.1) is 5.69 Å². The minimum absolute atomic E-state index is 0.712. The molecule has 0 aliphatic heterocycles. The number of rotatable bonds is 6. The van der Waals surface area contributed by atoms with Crippen LogP contribution in [0, 0.1) is 0 Å². The van der Waals surface area contributed by atoms with Crippen LogP contribution in [0.4, 0.5) is 0 Å². The summed E-state index contributed by atoms with van der Waals surface area (Å²) in [7, 11) is 0. The average Bonchev–Trinajstić information content (AvgIpc) is 3.68. The summed E-state index contributed by atoms with van der Waals surface area (Å²) >= 11 is 1.73. The van der Waals surface area contributed by atoms with E-state index in [1.807, 2.05) is 0 Å². The van der Waals surface area contributed by atoms with Crippen LogP contribution in [0.5, 0.6) is 0 Å². The van der Waals surface area contributed by atoms with E-state index < -0.39 is 0 Å². The Hall–Kier alpha value is -7.20. The smallest absolute Gasteiger partial charge is 0.161 e. The third-order valence-corrected chi connectivity index (χ3v) is 12.1. The van der Waals surface area contributed by atoms with Crippen LogP contribution in [0.2, 0.25) is 0 Å². The summed E-state index contributed by atoms with van der Waals surface area (Å²) in [6.45, 7) is 0. The molecule has 3 heteroatoms. The highest BCUT2D eigenvalue weighted by Crippen LogP contribution is 2.43. The van der Waals surface area contributed by atoms with Gasteiger partial charge in [-0.15, -0.1) is 11.3 Å². The fraction of sp³-hybridized carbons (Fsp3) is 0. The summed E-state index contributed by atoms with van der Waals surface area (Å²) in [6, 6.07) is 74.2. The molecule has 2 nitrogen and oxygen atoms in total. The van der Waals surface area contributed by atoms with Crippen molar-refractivity contribution in [3.05, 3.63) is 206 Å². The Morgan fingerprint density at radius 2 is 0.789 bits per heavy atom. The zero-order valence-electron chi connectivity index (χ0n) is 30.9. The van der Waals surface area contributed by atoms with Crippen LogP contribution >= 0.6 is 11.3 Å². The Kier molecular flexibility index (Phi) is 8.04. The highest BCUT2D eigenvalue weighted by molar-refractivity contribution is 7.25. The minimum Gasteiger partial charge on any atom is -0.227 e. The van der Waals surface area contributed by atoms with Gasteiger partial charge in [0.15, 0.2) is 5.82 Å². The van der Waals surface area contributed by atoms with E-state index in [9.17, 15) is 0 Å². The number of aromatic nitrogens is 2. The monoisotopic (exact) mass is 742 g/mol. The largest absolute Gasteiger partial charge is 0.227 e. The molecule has 0 unspecified atom stereocenters. The predicted octanol–water partition coefficient (Wildman–Crippen LogP) is 15.2. The number of thiophene rings is 1. The van der Waals surface area contributed by atoms with E-state index in [0.717, 1.165) is 43.7 Å². The molecule has 0 saturated heterocycles. The predicted molar refractivity (Wildman–Crippen MR) is 243 cm³/mol. The quantitative estimate of drug-likeness (QED) is 0.159. The van der Waals surface area contributed by atoms with Crippen molar-refractivity contribution >= 4 is 53.2 Å². The van der Waals surface area contributed by atoms with Gasteiger partial charge in [0.25, 0.3) is 0 Å². The van der Waals surface area contributed by atoms with Gasteiger partial charge in [0, 0.05) is 26.6 Å². The minimum atomic E-state index is 0.712. The Morgan fingerprint density at radius 1 is 0.316 bits per heavy atom. The fourth-order valence-electron chi connectivity index (χ4n) is 8.32. The number of fused-ring (bicyclic) bond motifs is 6. The summed E-state index contributed by atoms with van der Waals surface area (Å²) in [4.78, 5) is 11.8. The lowest BCUT2D eigenvalue weighted by Crippen LogP contribution is -1.95. The second-order valence-electron chi connectivity index (χ2n) is 14.6. The lowest BCUT2D eigenvalue weighted by molar-refractivity contribution is 1.24. The van der Waals surface area contributed by atoms with Crippen molar-refractivity contribution in [1.29, 1.82) is 0 Å². The van der Waals surface area contributed by atoms with Crippen LogP contribution in [0.15, 0.2) is 206 Å². The van der Waals surface area contributed by atoms with Gasteiger partial charge in [-0.05, 0) is 115 Å². The maximum atomic E-state index is 5.47. The van der Waals surface area contributed by atoms with Crippen molar-refractivity contribution in [1.82, 2.24) is 9.97 Å². The van der Waals surface area contributed by atoms with Gasteiger partial charge >= 0.3 is 0 Å². The van der Waals surface area contributed by atoms with Crippen LogP contribution in [0.3, 0.4) is 0 Å². The Bertz CT molecular complexity index is 3220. The molecule has 0 aliphatic carbocycles. The maximum Gasteiger partial charge on any atom is 0.161 e. The highest BCUT2D eigenvalue weighted by Gasteiger charge is 2.19. The van der Waals surface area contributed by atoms with Crippen molar-refractivity contribution in [3.8, 4) is 67.2 Å². The van der Waals surface area contributed by atoms with E-state index in [4.69, 9.17) is 9.97 Å². The topological polar surface area (TPSA) is 25.8 Å².